The van der Waals surface area contributed by atoms with Gasteiger partial charge in [0.05, 0.1) is 33.0 Å². The molecule has 0 fully saturated rings. The molecule has 1 N–H and O–H groups in total. The van der Waals surface area contributed by atoms with Crippen molar-refractivity contribution in [3.63, 3.8) is 0 Å². The number of carbonyl (C=O) groups excluding carboxylic acids is 1. The van der Waals surface area contributed by atoms with E-state index < -0.39 is 0 Å². The Balaban J connectivity index is 2.96. The Morgan fingerprint density at radius 3 is 2.00 bits per heavy atom. The predicted molar refractivity (Wildman–Crippen MR) is 66.0 cm³/mol. The summed E-state index contributed by atoms with van der Waals surface area (Å²) in [6.07, 6.45) is 2.65. The summed E-state index contributed by atoms with van der Waals surface area (Å²) in [4.78, 5) is 10.8. The number of hydrogen-bond acceptors (Lipinski definition) is 4. The highest BCUT2D eigenvalue weighted by atomic mass is 16.5. The van der Waals surface area contributed by atoms with E-state index in [0.717, 1.165) is 19.4 Å². The smallest absolute Gasteiger partial charge is 0.222 e. The molecular weight excluding hydrogens is 222 g/mol. The minimum absolute atomic E-state index is 0.00441. The molecule has 0 radical (unpaired) electrons. The highest BCUT2D eigenvalue weighted by Gasteiger charge is 1.96. The van der Waals surface area contributed by atoms with Gasteiger partial charge in [-0.3, -0.25) is 4.79 Å². The Morgan fingerprint density at radius 2 is 1.47 bits per heavy atom. The third kappa shape index (κ3) is 13.3. The maximum atomic E-state index is 10.8. The first-order valence-corrected chi connectivity index (χ1v) is 6.25. The highest BCUT2D eigenvalue weighted by molar-refractivity contribution is 5.75. The van der Waals surface area contributed by atoms with Crippen LogP contribution in [0.2, 0.25) is 0 Å². The van der Waals surface area contributed by atoms with Crippen LogP contribution in [0.5, 0.6) is 0 Å². The Hall–Kier alpha value is -0.650. The van der Waals surface area contributed by atoms with Crippen LogP contribution in [-0.4, -0.2) is 52.6 Å². The van der Waals surface area contributed by atoms with Gasteiger partial charge < -0.3 is 19.5 Å². The summed E-state index contributed by atoms with van der Waals surface area (Å²) in [5, 5.41) is 2.53. The lowest BCUT2D eigenvalue weighted by molar-refractivity contribution is -0.121. The number of unbranched alkanes of at least 4 members (excludes halogenated alkanes) is 1. The molecular formula is C12H25NO4. The van der Waals surface area contributed by atoms with Crippen molar-refractivity contribution < 1.29 is 19.0 Å². The monoisotopic (exact) mass is 247 g/mol. The zero-order chi connectivity index (χ0) is 12.8. The van der Waals surface area contributed by atoms with Gasteiger partial charge in [-0.25, -0.2) is 0 Å². The molecule has 0 aliphatic heterocycles. The third-order valence-electron chi connectivity index (χ3n) is 2.14. The molecule has 0 aromatic rings. The van der Waals surface area contributed by atoms with E-state index in [9.17, 15) is 4.79 Å². The second-order valence-electron chi connectivity index (χ2n) is 3.61. The summed E-state index contributed by atoms with van der Waals surface area (Å²) in [6.45, 7) is 5.69. The molecule has 17 heavy (non-hydrogen) atoms. The van der Waals surface area contributed by atoms with Crippen LogP contribution in [-0.2, 0) is 19.0 Å². The first-order chi connectivity index (χ1) is 8.31. The molecule has 0 atom stereocenters. The number of hydrogen-bond donors (Lipinski definition) is 1. The fraction of sp³-hybridized carbons (Fsp3) is 0.917. The number of amides is 1. The summed E-state index contributed by atoms with van der Waals surface area (Å²) in [5.41, 5.74) is 0. The molecule has 102 valence electrons. The third-order valence-corrected chi connectivity index (χ3v) is 2.14. The average molecular weight is 247 g/mol. The van der Waals surface area contributed by atoms with E-state index in [1.54, 1.807) is 7.05 Å². The van der Waals surface area contributed by atoms with E-state index in [1.165, 1.54) is 0 Å². The van der Waals surface area contributed by atoms with Gasteiger partial charge in [0.2, 0.25) is 5.91 Å². The largest absolute Gasteiger partial charge is 0.379 e. The second-order valence-corrected chi connectivity index (χ2v) is 3.61. The van der Waals surface area contributed by atoms with Crippen molar-refractivity contribution >= 4 is 5.91 Å². The van der Waals surface area contributed by atoms with E-state index in [1.807, 2.05) is 0 Å². The van der Waals surface area contributed by atoms with Gasteiger partial charge in [-0.1, -0.05) is 13.3 Å². The molecule has 0 aliphatic carbocycles. The van der Waals surface area contributed by atoms with Crippen LogP contribution in [0.15, 0.2) is 0 Å². The van der Waals surface area contributed by atoms with Crippen molar-refractivity contribution in [2.75, 3.05) is 46.7 Å². The summed E-state index contributed by atoms with van der Waals surface area (Å²) in [7, 11) is 1.62. The van der Waals surface area contributed by atoms with Crippen LogP contribution < -0.4 is 5.32 Å². The molecule has 0 aromatic heterocycles. The van der Waals surface area contributed by atoms with Crippen molar-refractivity contribution in [1.82, 2.24) is 5.32 Å². The summed E-state index contributed by atoms with van der Waals surface area (Å²) < 4.78 is 15.9. The zero-order valence-electron chi connectivity index (χ0n) is 11.0. The van der Waals surface area contributed by atoms with Crippen molar-refractivity contribution in [2.45, 2.75) is 26.2 Å². The molecule has 0 bridgehead atoms. The van der Waals surface area contributed by atoms with Crippen molar-refractivity contribution in [2.24, 2.45) is 0 Å². The normalized spacial score (nSPS) is 10.5. The lowest BCUT2D eigenvalue weighted by Crippen LogP contribution is -2.20. The first kappa shape index (κ1) is 16.4. The average Bonchev–Trinajstić information content (AvgIpc) is 2.35. The van der Waals surface area contributed by atoms with Gasteiger partial charge in [0.25, 0.3) is 0 Å². The lowest BCUT2D eigenvalue weighted by Gasteiger charge is -2.06. The second kappa shape index (κ2) is 13.4. The topological polar surface area (TPSA) is 56.8 Å². The van der Waals surface area contributed by atoms with Gasteiger partial charge in [-0.2, -0.15) is 0 Å². The van der Waals surface area contributed by atoms with Crippen LogP contribution in [0.4, 0.5) is 0 Å². The fourth-order valence-corrected chi connectivity index (χ4v) is 1.08. The molecule has 0 aromatic carbocycles. The first-order valence-electron chi connectivity index (χ1n) is 6.25. The molecule has 0 saturated carbocycles. The van der Waals surface area contributed by atoms with Gasteiger partial charge in [-0.15, -0.1) is 0 Å². The molecule has 0 aliphatic rings. The molecule has 5 nitrogen and oxygen atoms in total. The summed E-state index contributed by atoms with van der Waals surface area (Å²) >= 11 is 0. The molecule has 0 heterocycles. The molecule has 0 unspecified atom stereocenters. The quantitative estimate of drug-likeness (QED) is 0.522. The van der Waals surface area contributed by atoms with E-state index in [2.05, 4.69) is 12.2 Å². The predicted octanol–water partition coefficient (Wildman–Crippen LogP) is 0.972. The molecule has 5 heteroatoms. The number of nitrogens with one attached hydrogen (secondary N) is 1. The van der Waals surface area contributed by atoms with Crippen LogP contribution in [0, 0.1) is 0 Å². The molecule has 0 spiro atoms. The van der Waals surface area contributed by atoms with Crippen molar-refractivity contribution in [1.29, 1.82) is 0 Å². The standard InChI is InChI=1S/C12H25NO4/c1-3-4-6-15-8-10-17-11-9-16-7-5-12(14)13-2/h3-11H2,1-2H3,(H,13,14). The van der Waals surface area contributed by atoms with Gasteiger partial charge in [0.15, 0.2) is 0 Å². The van der Waals surface area contributed by atoms with Gasteiger partial charge >= 0.3 is 0 Å². The molecule has 0 rings (SSSR count). The van der Waals surface area contributed by atoms with Crippen LogP contribution in [0.25, 0.3) is 0 Å². The molecule has 1 amide bonds. The zero-order valence-corrected chi connectivity index (χ0v) is 11.0. The van der Waals surface area contributed by atoms with Crippen LogP contribution >= 0.6 is 0 Å². The minimum atomic E-state index is -0.00441. The number of carbonyl (C=O) groups is 1. The Morgan fingerprint density at radius 1 is 0.941 bits per heavy atom. The van der Waals surface area contributed by atoms with E-state index in [0.29, 0.717) is 39.5 Å². The Labute approximate surface area is 104 Å². The van der Waals surface area contributed by atoms with Crippen LogP contribution in [0.1, 0.15) is 26.2 Å². The van der Waals surface area contributed by atoms with E-state index in [4.69, 9.17) is 14.2 Å². The summed E-state index contributed by atoms with van der Waals surface area (Å²) in [5.74, 6) is -0.00441. The lowest BCUT2D eigenvalue weighted by atomic mass is 10.4. The number of rotatable bonds is 12. The van der Waals surface area contributed by atoms with Crippen molar-refractivity contribution in [3.8, 4) is 0 Å². The number of ether oxygens (including phenoxy) is 3. The van der Waals surface area contributed by atoms with Crippen LogP contribution in [0.3, 0.4) is 0 Å². The van der Waals surface area contributed by atoms with Gasteiger partial charge in [-0.05, 0) is 6.42 Å². The maximum Gasteiger partial charge on any atom is 0.222 e. The SMILES string of the molecule is CCCCOCCOCCOCCC(=O)NC. The Kier molecular flexibility index (Phi) is 12.9. The highest BCUT2D eigenvalue weighted by Crippen LogP contribution is 1.88. The van der Waals surface area contributed by atoms with Gasteiger partial charge in [0.1, 0.15) is 0 Å². The molecule has 0 saturated heterocycles. The van der Waals surface area contributed by atoms with Gasteiger partial charge in [0, 0.05) is 20.1 Å². The fourth-order valence-electron chi connectivity index (χ4n) is 1.08. The summed E-state index contributed by atoms with van der Waals surface area (Å²) in [6, 6.07) is 0. The van der Waals surface area contributed by atoms with E-state index >= 15 is 0 Å². The minimum Gasteiger partial charge on any atom is -0.379 e. The van der Waals surface area contributed by atoms with E-state index in [-0.39, 0.29) is 5.91 Å². The Bertz CT molecular complexity index is 176. The maximum absolute atomic E-state index is 10.8. The van der Waals surface area contributed by atoms with Crippen molar-refractivity contribution in [3.05, 3.63) is 0 Å².